The van der Waals surface area contributed by atoms with Crippen molar-refractivity contribution < 1.29 is 9.53 Å². The van der Waals surface area contributed by atoms with Gasteiger partial charge in [0.25, 0.3) is 0 Å². The van der Waals surface area contributed by atoms with E-state index < -0.39 is 0 Å². The standard InChI is InChI=1S/C20H36O2/c1-3-5-15-20(16-10-7-11-17-20)22-18(21)19(12-4-2)13-8-6-9-14-19/h3-17H2,1-2H3. The van der Waals surface area contributed by atoms with Crippen LogP contribution in [-0.4, -0.2) is 11.6 Å². The smallest absolute Gasteiger partial charge is 0.312 e. The molecule has 0 unspecified atom stereocenters. The van der Waals surface area contributed by atoms with Gasteiger partial charge in [-0.05, 0) is 57.8 Å². The summed E-state index contributed by atoms with van der Waals surface area (Å²) in [5.74, 6) is 0.159. The predicted octanol–water partition coefficient (Wildman–Crippen LogP) is 6.17. The van der Waals surface area contributed by atoms with Crippen LogP contribution in [0.3, 0.4) is 0 Å². The first kappa shape index (κ1) is 17.8. The summed E-state index contributed by atoms with van der Waals surface area (Å²) >= 11 is 0. The zero-order valence-electron chi connectivity index (χ0n) is 14.9. The number of hydrogen-bond acceptors (Lipinski definition) is 2. The summed E-state index contributed by atoms with van der Waals surface area (Å²) in [6, 6.07) is 0. The lowest BCUT2D eigenvalue weighted by Crippen LogP contribution is -2.44. The predicted molar refractivity (Wildman–Crippen MR) is 91.9 cm³/mol. The zero-order chi connectivity index (χ0) is 15.9. The topological polar surface area (TPSA) is 26.3 Å². The molecule has 22 heavy (non-hydrogen) atoms. The molecular formula is C20H36O2. The van der Waals surface area contributed by atoms with Crippen molar-refractivity contribution in [2.75, 3.05) is 0 Å². The average molecular weight is 309 g/mol. The molecule has 2 saturated carbocycles. The highest BCUT2D eigenvalue weighted by Gasteiger charge is 2.44. The first-order valence-corrected chi connectivity index (χ1v) is 9.90. The number of hydrogen-bond donors (Lipinski definition) is 0. The molecule has 0 N–H and O–H groups in total. The Morgan fingerprint density at radius 1 is 0.818 bits per heavy atom. The van der Waals surface area contributed by atoms with Crippen molar-refractivity contribution in [2.24, 2.45) is 5.41 Å². The average Bonchev–Trinajstić information content (AvgIpc) is 2.55. The fourth-order valence-corrected chi connectivity index (χ4v) is 4.67. The van der Waals surface area contributed by atoms with E-state index >= 15 is 0 Å². The second-order valence-electron chi connectivity index (χ2n) is 7.83. The minimum Gasteiger partial charge on any atom is -0.459 e. The van der Waals surface area contributed by atoms with Gasteiger partial charge in [-0.3, -0.25) is 4.79 Å². The molecule has 2 nitrogen and oxygen atoms in total. The van der Waals surface area contributed by atoms with E-state index in [4.69, 9.17) is 4.74 Å². The van der Waals surface area contributed by atoms with Gasteiger partial charge in [-0.15, -0.1) is 0 Å². The van der Waals surface area contributed by atoms with Crippen molar-refractivity contribution in [1.29, 1.82) is 0 Å². The monoisotopic (exact) mass is 308 g/mol. The van der Waals surface area contributed by atoms with Crippen LogP contribution in [0.25, 0.3) is 0 Å². The van der Waals surface area contributed by atoms with E-state index in [9.17, 15) is 4.79 Å². The van der Waals surface area contributed by atoms with E-state index in [1.54, 1.807) is 0 Å². The molecule has 0 aromatic carbocycles. The molecule has 2 aliphatic carbocycles. The van der Waals surface area contributed by atoms with Gasteiger partial charge in [0.15, 0.2) is 0 Å². The van der Waals surface area contributed by atoms with Crippen LogP contribution >= 0.6 is 0 Å². The number of carbonyl (C=O) groups excluding carboxylic acids is 1. The van der Waals surface area contributed by atoms with Gasteiger partial charge in [0.1, 0.15) is 5.60 Å². The molecule has 2 aliphatic rings. The molecule has 0 aromatic heterocycles. The minimum absolute atomic E-state index is 0.121. The molecule has 0 heterocycles. The lowest BCUT2D eigenvalue weighted by Gasteiger charge is -2.42. The fraction of sp³-hybridized carbons (Fsp3) is 0.950. The summed E-state index contributed by atoms with van der Waals surface area (Å²) in [6.07, 6.45) is 17.4. The van der Waals surface area contributed by atoms with E-state index in [2.05, 4.69) is 13.8 Å². The van der Waals surface area contributed by atoms with Gasteiger partial charge < -0.3 is 4.74 Å². The number of ether oxygens (including phenoxy) is 1. The molecule has 0 bridgehead atoms. The quantitative estimate of drug-likeness (QED) is 0.525. The van der Waals surface area contributed by atoms with Gasteiger partial charge in [0.05, 0.1) is 5.41 Å². The molecule has 0 saturated heterocycles. The lowest BCUT2D eigenvalue weighted by molar-refractivity contribution is -0.180. The van der Waals surface area contributed by atoms with Crippen LogP contribution in [0.4, 0.5) is 0 Å². The molecule has 128 valence electrons. The fourth-order valence-electron chi connectivity index (χ4n) is 4.67. The number of esters is 1. The maximum absolute atomic E-state index is 13.1. The Morgan fingerprint density at radius 2 is 1.41 bits per heavy atom. The third-order valence-corrected chi connectivity index (χ3v) is 6.03. The Kier molecular flexibility index (Phi) is 6.77. The van der Waals surface area contributed by atoms with Gasteiger partial charge in [0, 0.05) is 0 Å². The van der Waals surface area contributed by atoms with Gasteiger partial charge in [-0.25, -0.2) is 0 Å². The van der Waals surface area contributed by atoms with E-state index in [1.807, 2.05) is 0 Å². The van der Waals surface area contributed by atoms with Crippen molar-refractivity contribution in [3.63, 3.8) is 0 Å². The number of carbonyl (C=O) groups is 1. The summed E-state index contributed by atoms with van der Waals surface area (Å²) in [4.78, 5) is 13.1. The molecule has 0 aromatic rings. The Hall–Kier alpha value is -0.530. The molecule has 0 amide bonds. The summed E-state index contributed by atoms with van der Waals surface area (Å²) in [5.41, 5.74) is -0.271. The molecule has 2 heteroatoms. The Labute approximate surface area is 137 Å². The summed E-state index contributed by atoms with van der Waals surface area (Å²) in [6.45, 7) is 4.44. The van der Waals surface area contributed by atoms with Crippen LogP contribution < -0.4 is 0 Å². The van der Waals surface area contributed by atoms with Crippen LogP contribution in [0.1, 0.15) is 110 Å². The molecule has 0 atom stereocenters. The van der Waals surface area contributed by atoms with Crippen LogP contribution in [0.2, 0.25) is 0 Å². The largest absolute Gasteiger partial charge is 0.459 e. The van der Waals surface area contributed by atoms with Crippen molar-refractivity contribution >= 4 is 5.97 Å². The molecular weight excluding hydrogens is 272 g/mol. The van der Waals surface area contributed by atoms with Gasteiger partial charge in [-0.1, -0.05) is 52.4 Å². The van der Waals surface area contributed by atoms with Crippen LogP contribution in [0.15, 0.2) is 0 Å². The van der Waals surface area contributed by atoms with Crippen LogP contribution in [0.5, 0.6) is 0 Å². The van der Waals surface area contributed by atoms with E-state index in [0.717, 1.165) is 44.9 Å². The number of rotatable bonds is 7. The van der Waals surface area contributed by atoms with Crippen molar-refractivity contribution in [3.05, 3.63) is 0 Å². The van der Waals surface area contributed by atoms with Crippen molar-refractivity contribution in [3.8, 4) is 0 Å². The summed E-state index contributed by atoms with van der Waals surface area (Å²) in [7, 11) is 0. The van der Waals surface area contributed by atoms with Crippen LogP contribution in [-0.2, 0) is 9.53 Å². The van der Waals surface area contributed by atoms with Gasteiger partial charge in [-0.2, -0.15) is 0 Å². The molecule has 0 radical (unpaired) electrons. The van der Waals surface area contributed by atoms with E-state index in [0.29, 0.717) is 0 Å². The lowest BCUT2D eigenvalue weighted by atomic mass is 9.71. The SMILES string of the molecule is CCCCC1(OC(=O)C2(CCC)CCCCC2)CCCCC1. The van der Waals surface area contributed by atoms with E-state index in [1.165, 1.54) is 51.4 Å². The molecule has 0 spiro atoms. The maximum atomic E-state index is 13.1. The Morgan fingerprint density at radius 3 is 1.95 bits per heavy atom. The third-order valence-electron chi connectivity index (χ3n) is 6.03. The normalized spacial score (nSPS) is 23.9. The maximum Gasteiger partial charge on any atom is 0.312 e. The molecule has 2 rings (SSSR count). The van der Waals surface area contributed by atoms with Crippen molar-refractivity contribution in [2.45, 2.75) is 116 Å². The number of unbranched alkanes of at least 4 members (excludes halogenated alkanes) is 1. The summed E-state index contributed by atoms with van der Waals surface area (Å²) in [5, 5.41) is 0. The van der Waals surface area contributed by atoms with Gasteiger partial charge in [0.2, 0.25) is 0 Å². The third kappa shape index (κ3) is 4.26. The highest BCUT2D eigenvalue weighted by atomic mass is 16.6. The highest BCUT2D eigenvalue weighted by Crippen LogP contribution is 2.44. The Balaban J connectivity index is 2.07. The second kappa shape index (κ2) is 8.36. The molecule has 2 fully saturated rings. The first-order valence-electron chi connectivity index (χ1n) is 9.90. The highest BCUT2D eigenvalue weighted by molar-refractivity contribution is 5.77. The van der Waals surface area contributed by atoms with E-state index in [-0.39, 0.29) is 17.0 Å². The first-order chi connectivity index (χ1) is 10.7. The van der Waals surface area contributed by atoms with Crippen molar-refractivity contribution in [1.82, 2.24) is 0 Å². The summed E-state index contributed by atoms with van der Waals surface area (Å²) < 4.78 is 6.34. The van der Waals surface area contributed by atoms with Gasteiger partial charge >= 0.3 is 5.97 Å². The minimum atomic E-state index is -0.149. The second-order valence-corrected chi connectivity index (χ2v) is 7.83. The molecule has 0 aliphatic heterocycles. The van der Waals surface area contributed by atoms with Crippen LogP contribution in [0, 0.1) is 5.41 Å². The Bertz CT molecular complexity index is 330. The zero-order valence-corrected chi connectivity index (χ0v) is 14.9.